The lowest BCUT2D eigenvalue weighted by Gasteiger charge is -2.20. The predicted octanol–water partition coefficient (Wildman–Crippen LogP) is -1.14. The molecule has 0 bridgehead atoms. The molecule has 0 heterocycles. The fraction of sp³-hybridized carbons (Fsp3) is 0.731. The lowest BCUT2D eigenvalue weighted by Crippen LogP contribution is -2.44. The largest absolute Gasteiger partial charge is 0.370 e. The summed E-state index contributed by atoms with van der Waals surface area (Å²) in [7, 11) is 0. The highest BCUT2D eigenvalue weighted by atomic mass is 16.2. The zero-order valence-electron chi connectivity index (χ0n) is 24.6. The van der Waals surface area contributed by atoms with Gasteiger partial charge in [0.25, 0.3) is 0 Å². The van der Waals surface area contributed by atoms with Gasteiger partial charge >= 0.3 is 0 Å². The second-order valence-electron chi connectivity index (χ2n) is 10.6. The fourth-order valence-corrected chi connectivity index (χ4v) is 4.01. The van der Waals surface area contributed by atoms with E-state index in [2.05, 4.69) is 31.9 Å². The minimum Gasteiger partial charge on any atom is -0.370 e. The quantitative estimate of drug-likeness (QED) is 0.107. The Kier molecular flexibility index (Phi) is 16.8. The van der Waals surface area contributed by atoms with Crippen LogP contribution in [-0.4, -0.2) is 77.6 Å². The van der Waals surface area contributed by atoms with Crippen LogP contribution in [0.2, 0.25) is 0 Å². The van der Waals surface area contributed by atoms with Gasteiger partial charge in [0, 0.05) is 81.7 Å². The van der Waals surface area contributed by atoms with Crippen LogP contribution in [0.1, 0.15) is 87.0 Å². The summed E-state index contributed by atoms with van der Waals surface area (Å²) in [5, 5.41) is 16.1. The first-order valence-electron chi connectivity index (χ1n) is 13.5. The maximum absolute atomic E-state index is 12.4. The first-order valence-corrected chi connectivity index (χ1v) is 13.5. The minimum absolute atomic E-state index is 0.00567. The normalized spacial score (nSPS) is 15.2. The zero-order valence-corrected chi connectivity index (χ0v) is 24.6. The molecule has 6 atom stereocenters. The van der Waals surface area contributed by atoms with Crippen LogP contribution in [0, 0.1) is 0 Å². The first kappa shape index (κ1) is 36.3. The first-order chi connectivity index (χ1) is 18.5. The van der Waals surface area contributed by atoms with Gasteiger partial charge in [-0.2, -0.15) is 0 Å². The fourth-order valence-electron chi connectivity index (χ4n) is 4.01. The Bertz CT molecular complexity index is 842. The summed E-state index contributed by atoms with van der Waals surface area (Å²) in [6, 6.07) is -2.60. The van der Waals surface area contributed by atoms with E-state index in [-0.39, 0.29) is 80.0 Å². The molecule has 0 aliphatic carbocycles. The standard InChI is InChI=1S/C26H47N7O7/c1-14(8-21(27)35)29-23(37)10-16(3)31-25(39)12-18(5)33-26(40)13-19(6)32-24(38)11-17(4)30-22(36)9-15(2)28-20(7)34/h14-19H,8-13H2,1-7H3,(H2,27,35)(H,28,34)(H,29,37)(H,30,36)(H,31,39)(H,32,38)(H,33,40)/t14-,15-,16-,17-,18-,19-/m0/s1. The van der Waals surface area contributed by atoms with Gasteiger partial charge in [-0.15, -0.1) is 0 Å². The second kappa shape index (κ2) is 18.6. The Hall–Kier alpha value is -3.71. The monoisotopic (exact) mass is 569 g/mol. The predicted molar refractivity (Wildman–Crippen MR) is 148 cm³/mol. The van der Waals surface area contributed by atoms with Crippen LogP contribution < -0.4 is 37.6 Å². The average Bonchev–Trinajstić information content (AvgIpc) is 2.70. The molecule has 0 aromatic rings. The molecule has 14 nitrogen and oxygen atoms in total. The number of hydrogen-bond acceptors (Lipinski definition) is 7. The van der Waals surface area contributed by atoms with E-state index in [0.717, 1.165) is 0 Å². The molecule has 7 amide bonds. The molecule has 0 aromatic carbocycles. The van der Waals surface area contributed by atoms with Crippen LogP contribution in [0.15, 0.2) is 0 Å². The second-order valence-corrected chi connectivity index (χ2v) is 10.6. The molecule has 40 heavy (non-hydrogen) atoms. The van der Waals surface area contributed by atoms with E-state index in [0.29, 0.717) is 0 Å². The number of carbonyl (C=O) groups excluding carboxylic acids is 7. The Morgan fingerprint density at radius 1 is 0.425 bits per heavy atom. The third-order valence-electron chi connectivity index (χ3n) is 5.45. The van der Waals surface area contributed by atoms with Crippen molar-refractivity contribution in [3.05, 3.63) is 0 Å². The summed E-state index contributed by atoms with van der Waals surface area (Å²) in [4.78, 5) is 82.9. The molecule has 0 unspecified atom stereocenters. The summed E-state index contributed by atoms with van der Waals surface area (Å²) in [5.41, 5.74) is 5.10. The number of carbonyl (C=O) groups is 7. The molecule has 0 saturated heterocycles. The highest BCUT2D eigenvalue weighted by Gasteiger charge is 2.20. The van der Waals surface area contributed by atoms with Crippen molar-refractivity contribution in [2.24, 2.45) is 5.73 Å². The molecule has 0 aromatic heterocycles. The minimum atomic E-state index is -0.524. The summed E-state index contributed by atoms with van der Waals surface area (Å²) in [5.74, 6) is -2.41. The van der Waals surface area contributed by atoms with Gasteiger partial charge in [0.15, 0.2) is 0 Å². The number of hydrogen-bond donors (Lipinski definition) is 7. The molecule has 8 N–H and O–H groups in total. The number of amides is 7. The molecule has 0 aliphatic rings. The van der Waals surface area contributed by atoms with Crippen LogP contribution in [0.5, 0.6) is 0 Å². The van der Waals surface area contributed by atoms with Gasteiger partial charge in [-0.25, -0.2) is 0 Å². The molecular formula is C26H47N7O7. The maximum Gasteiger partial charge on any atom is 0.222 e. The van der Waals surface area contributed by atoms with Crippen molar-refractivity contribution in [2.45, 2.75) is 123 Å². The lowest BCUT2D eigenvalue weighted by molar-refractivity contribution is -0.126. The topological polar surface area (TPSA) is 218 Å². The SMILES string of the molecule is CC(=O)N[C@@H](C)CC(=O)N[C@@H](C)CC(=O)N[C@@H](C)CC(=O)N[C@@H](C)CC(=O)N[C@@H](C)CC(=O)N[C@@H](C)CC(N)=O. The van der Waals surface area contributed by atoms with E-state index in [1.54, 1.807) is 41.5 Å². The molecule has 0 fully saturated rings. The van der Waals surface area contributed by atoms with Gasteiger partial charge in [0.1, 0.15) is 0 Å². The Balaban J connectivity index is 4.34. The molecule has 14 heteroatoms. The Labute approximate surface area is 236 Å². The smallest absolute Gasteiger partial charge is 0.222 e. The summed E-state index contributed by atoms with van der Waals surface area (Å²) < 4.78 is 0. The number of nitrogens with two attached hydrogens (primary N) is 1. The van der Waals surface area contributed by atoms with Crippen LogP contribution in [0.4, 0.5) is 0 Å². The van der Waals surface area contributed by atoms with Gasteiger partial charge < -0.3 is 37.6 Å². The zero-order chi connectivity index (χ0) is 31.0. The van der Waals surface area contributed by atoms with Crippen LogP contribution in [0.3, 0.4) is 0 Å². The lowest BCUT2D eigenvalue weighted by atomic mass is 10.1. The highest BCUT2D eigenvalue weighted by molar-refractivity contribution is 5.83. The van der Waals surface area contributed by atoms with Crippen molar-refractivity contribution in [3.8, 4) is 0 Å². The van der Waals surface area contributed by atoms with Gasteiger partial charge in [-0.3, -0.25) is 33.6 Å². The van der Waals surface area contributed by atoms with E-state index in [1.807, 2.05) is 0 Å². The maximum atomic E-state index is 12.4. The van der Waals surface area contributed by atoms with E-state index in [1.165, 1.54) is 6.92 Å². The van der Waals surface area contributed by atoms with Crippen molar-refractivity contribution in [1.29, 1.82) is 0 Å². The average molecular weight is 570 g/mol. The van der Waals surface area contributed by atoms with Crippen LogP contribution in [0.25, 0.3) is 0 Å². The summed E-state index contributed by atoms with van der Waals surface area (Å²) in [6.07, 6.45) is 0.129. The molecule has 0 saturated carbocycles. The van der Waals surface area contributed by atoms with Crippen LogP contribution >= 0.6 is 0 Å². The Morgan fingerprint density at radius 2 is 0.625 bits per heavy atom. The van der Waals surface area contributed by atoms with Gasteiger partial charge in [0.2, 0.25) is 41.4 Å². The molecular weight excluding hydrogens is 522 g/mol. The highest BCUT2D eigenvalue weighted by Crippen LogP contribution is 2.01. The van der Waals surface area contributed by atoms with Crippen molar-refractivity contribution in [1.82, 2.24) is 31.9 Å². The number of primary amides is 1. The third kappa shape index (κ3) is 19.4. The Morgan fingerprint density at radius 3 is 0.825 bits per heavy atom. The van der Waals surface area contributed by atoms with Gasteiger partial charge in [0.05, 0.1) is 0 Å². The van der Waals surface area contributed by atoms with Crippen molar-refractivity contribution < 1.29 is 33.6 Å². The summed E-state index contributed by atoms with van der Waals surface area (Å²) in [6.45, 7) is 11.4. The van der Waals surface area contributed by atoms with E-state index in [4.69, 9.17) is 5.73 Å². The van der Waals surface area contributed by atoms with E-state index >= 15 is 0 Å². The molecule has 0 aliphatic heterocycles. The molecule has 0 rings (SSSR count). The summed E-state index contributed by atoms with van der Waals surface area (Å²) >= 11 is 0. The third-order valence-corrected chi connectivity index (χ3v) is 5.45. The van der Waals surface area contributed by atoms with Crippen molar-refractivity contribution in [3.63, 3.8) is 0 Å². The van der Waals surface area contributed by atoms with Gasteiger partial charge in [-0.1, -0.05) is 0 Å². The molecule has 0 spiro atoms. The van der Waals surface area contributed by atoms with Crippen LogP contribution in [-0.2, 0) is 33.6 Å². The van der Waals surface area contributed by atoms with Crippen molar-refractivity contribution in [2.75, 3.05) is 0 Å². The molecule has 0 radical (unpaired) electrons. The molecule has 228 valence electrons. The van der Waals surface area contributed by atoms with E-state index in [9.17, 15) is 33.6 Å². The van der Waals surface area contributed by atoms with E-state index < -0.39 is 36.1 Å². The van der Waals surface area contributed by atoms with Gasteiger partial charge in [-0.05, 0) is 41.5 Å². The van der Waals surface area contributed by atoms with Crippen molar-refractivity contribution >= 4 is 41.4 Å². The number of rotatable bonds is 18. The number of nitrogens with one attached hydrogen (secondary N) is 6.